The fourth-order valence-corrected chi connectivity index (χ4v) is 2.61. The number of pyridine rings is 1. The predicted octanol–water partition coefficient (Wildman–Crippen LogP) is 2.26. The molecule has 5 heteroatoms. The second-order valence-corrected chi connectivity index (χ2v) is 4.89. The first-order valence-corrected chi connectivity index (χ1v) is 6.54. The van der Waals surface area contributed by atoms with Gasteiger partial charge in [-0.05, 0) is 30.9 Å². The summed E-state index contributed by atoms with van der Waals surface area (Å²) in [4.78, 5) is 15.3. The summed E-state index contributed by atoms with van der Waals surface area (Å²) >= 11 is 0. The van der Waals surface area contributed by atoms with Gasteiger partial charge < -0.3 is 10.4 Å². The van der Waals surface area contributed by atoms with Gasteiger partial charge in [-0.1, -0.05) is 18.9 Å². The standard InChI is InChI=1S/C14H17N3O2/c15-8-11-5-3-7-13(17-11)16-9-10-4-1-2-6-12(10)14(18)19/h3,5,7,10,12H,1-2,4,6,9H2,(H,16,17)(H,18,19). The number of hydrogen-bond acceptors (Lipinski definition) is 4. The summed E-state index contributed by atoms with van der Waals surface area (Å²) in [5, 5.41) is 21.1. The Labute approximate surface area is 112 Å². The van der Waals surface area contributed by atoms with Crippen LogP contribution in [0.15, 0.2) is 18.2 Å². The minimum absolute atomic E-state index is 0.138. The molecule has 1 aromatic rings. The summed E-state index contributed by atoms with van der Waals surface area (Å²) in [5.74, 6) is -0.196. The van der Waals surface area contributed by atoms with E-state index >= 15 is 0 Å². The highest BCUT2D eigenvalue weighted by molar-refractivity contribution is 5.70. The molecule has 100 valence electrons. The largest absolute Gasteiger partial charge is 0.481 e. The average Bonchev–Trinajstić information content (AvgIpc) is 2.45. The van der Waals surface area contributed by atoms with E-state index in [2.05, 4.69) is 10.3 Å². The van der Waals surface area contributed by atoms with E-state index < -0.39 is 5.97 Å². The van der Waals surface area contributed by atoms with Crippen molar-refractivity contribution in [3.63, 3.8) is 0 Å². The molecule has 2 unspecified atom stereocenters. The lowest BCUT2D eigenvalue weighted by Crippen LogP contribution is -2.31. The highest BCUT2D eigenvalue weighted by atomic mass is 16.4. The van der Waals surface area contributed by atoms with Crippen LogP contribution in [0.25, 0.3) is 0 Å². The number of aliphatic carboxylic acids is 1. The third-order valence-corrected chi connectivity index (χ3v) is 3.64. The maximum Gasteiger partial charge on any atom is 0.306 e. The van der Waals surface area contributed by atoms with E-state index in [-0.39, 0.29) is 11.8 Å². The molecule has 1 aliphatic carbocycles. The van der Waals surface area contributed by atoms with Crippen molar-refractivity contribution in [1.82, 2.24) is 4.98 Å². The van der Waals surface area contributed by atoms with Crippen LogP contribution in [-0.4, -0.2) is 22.6 Å². The Kier molecular flexibility index (Phi) is 4.35. The van der Waals surface area contributed by atoms with Crippen LogP contribution < -0.4 is 5.32 Å². The summed E-state index contributed by atoms with van der Waals surface area (Å²) in [6.07, 6.45) is 3.77. The first-order chi connectivity index (χ1) is 9.20. The second-order valence-electron chi connectivity index (χ2n) is 4.89. The number of nitrogens with zero attached hydrogens (tertiary/aromatic N) is 2. The van der Waals surface area contributed by atoms with E-state index in [1.165, 1.54) is 0 Å². The van der Waals surface area contributed by atoms with E-state index in [0.29, 0.717) is 18.1 Å². The normalized spacial score (nSPS) is 22.5. The Morgan fingerprint density at radius 3 is 3.00 bits per heavy atom. The molecule has 0 bridgehead atoms. The van der Waals surface area contributed by atoms with Crippen LogP contribution in [-0.2, 0) is 4.79 Å². The molecule has 0 amide bonds. The molecule has 1 aromatic heterocycles. The third kappa shape index (κ3) is 3.44. The zero-order valence-electron chi connectivity index (χ0n) is 10.7. The molecule has 2 N–H and O–H groups in total. The van der Waals surface area contributed by atoms with E-state index in [9.17, 15) is 9.90 Å². The van der Waals surface area contributed by atoms with Gasteiger partial charge >= 0.3 is 5.97 Å². The number of anilines is 1. The summed E-state index contributed by atoms with van der Waals surface area (Å²) in [5.41, 5.74) is 0.364. The maximum atomic E-state index is 11.2. The van der Waals surface area contributed by atoms with Crippen molar-refractivity contribution in [3.05, 3.63) is 23.9 Å². The van der Waals surface area contributed by atoms with Crippen LogP contribution >= 0.6 is 0 Å². The van der Waals surface area contributed by atoms with Crippen molar-refractivity contribution >= 4 is 11.8 Å². The van der Waals surface area contributed by atoms with Gasteiger partial charge in [0.1, 0.15) is 17.6 Å². The molecule has 19 heavy (non-hydrogen) atoms. The van der Waals surface area contributed by atoms with Crippen LogP contribution in [0.3, 0.4) is 0 Å². The van der Waals surface area contributed by atoms with Crippen LogP contribution in [0.5, 0.6) is 0 Å². The van der Waals surface area contributed by atoms with Crippen molar-refractivity contribution in [2.45, 2.75) is 25.7 Å². The summed E-state index contributed by atoms with van der Waals surface area (Å²) < 4.78 is 0. The first-order valence-electron chi connectivity index (χ1n) is 6.54. The molecule has 1 aliphatic rings. The second kappa shape index (κ2) is 6.19. The van der Waals surface area contributed by atoms with Gasteiger partial charge in [0.15, 0.2) is 0 Å². The lowest BCUT2D eigenvalue weighted by molar-refractivity contribution is -0.144. The van der Waals surface area contributed by atoms with Gasteiger partial charge in [0.2, 0.25) is 0 Å². The molecule has 0 aliphatic heterocycles. The number of carbonyl (C=O) groups is 1. The quantitative estimate of drug-likeness (QED) is 0.866. The molecule has 1 saturated carbocycles. The van der Waals surface area contributed by atoms with Crippen LogP contribution in [0.4, 0.5) is 5.82 Å². The smallest absolute Gasteiger partial charge is 0.306 e. The molecule has 0 radical (unpaired) electrons. The Morgan fingerprint density at radius 1 is 1.47 bits per heavy atom. The monoisotopic (exact) mass is 259 g/mol. The number of carboxylic acids is 1. The Bertz CT molecular complexity index is 496. The number of nitrogens with one attached hydrogen (secondary N) is 1. The molecular weight excluding hydrogens is 242 g/mol. The fraction of sp³-hybridized carbons (Fsp3) is 0.500. The molecule has 2 rings (SSSR count). The van der Waals surface area contributed by atoms with Crippen LogP contribution in [0.1, 0.15) is 31.4 Å². The van der Waals surface area contributed by atoms with Gasteiger partial charge in [-0.2, -0.15) is 5.26 Å². The number of carboxylic acid groups (broad SMARTS) is 1. The molecule has 1 heterocycles. The highest BCUT2D eigenvalue weighted by Gasteiger charge is 2.30. The first kappa shape index (κ1) is 13.3. The highest BCUT2D eigenvalue weighted by Crippen LogP contribution is 2.30. The molecule has 1 fully saturated rings. The topological polar surface area (TPSA) is 86.0 Å². The van der Waals surface area contributed by atoms with Gasteiger partial charge in [-0.3, -0.25) is 4.79 Å². The third-order valence-electron chi connectivity index (χ3n) is 3.64. The molecule has 0 spiro atoms. The van der Waals surface area contributed by atoms with Gasteiger partial charge in [-0.25, -0.2) is 4.98 Å². The average molecular weight is 259 g/mol. The molecule has 0 saturated heterocycles. The predicted molar refractivity (Wildman–Crippen MR) is 70.5 cm³/mol. The minimum Gasteiger partial charge on any atom is -0.481 e. The molecule has 0 aromatic carbocycles. The lowest BCUT2D eigenvalue weighted by Gasteiger charge is -2.28. The summed E-state index contributed by atoms with van der Waals surface area (Å²) in [6.45, 7) is 0.596. The van der Waals surface area contributed by atoms with Crippen LogP contribution in [0, 0.1) is 23.2 Å². The van der Waals surface area contributed by atoms with Crippen molar-refractivity contribution in [1.29, 1.82) is 5.26 Å². The van der Waals surface area contributed by atoms with Gasteiger partial charge in [0.25, 0.3) is 0 Å². The zero-order chi connectivity index (χ0) is 13.7. The Balaban J connectivity index is 1.96. The number of aromatic nitrogens is 1. The van der Waals surface area contributed by atoms with E-state index in [1.54, 1.807) is 18.2 Å². The minimum atomic E-state index is -0.703. The summed E-state index contributed by atoms with van der Waals surface area (Å²) in [6, 6.07) is 7.19. The number of nitriles is 1. The molecular formula is C14H17N3O2. The van der Waals surface area contributed by atoms with Crippen molar-refractivity contribution in [3.8, 4) is 6.07 Å². The molecule has 5 nitrogen and oxygen atoms in total. The maximum absolute atomic E-state index is 11.2. The van der Waals surface area contributed by atoms with Gasteiger partial charge in [-0.15, -0.1) is 0 Å². The van der Waals surface area contributed by atoms with Gasteiger partial charge in [0, 0.05) is 6.54 Å². The zero-order valence-corrected chi connectivity index (χ0v) is 10.7. The van der Waals surface area contributed by atoms with Gasteiger partial charge in [0.05, 0.1) is 5.92 Å². The number of hydrogen-bond donors (Lipinski definition) is 2. The summed E-state index contributed by atoms with van der Waals surface area (Å²) in [7, 11) is 0. The Hall–Kier alpha value is -2.09. The van der Waals surface area contributed by atoms with E-state index in [4.69, 9.17) is 5.26 Å². The SMILES string of the molecule is N#Cc1cccc(NCC2CCCCC2C(=O)O)n1. The van der Waals surface area contributed by atoms with Crippen LogP contribution in [0.2, 0.25) is 0 Å². The molecule has 2 atom stereocenters. The van der Waals surface area contributed by atoms with E-state index in [0.717, 1.165) is 25.7 Å². The fourth-order valence-electron chi connectivity index (χ4n) is 2.61. The lowest BCUT2D eigenvalue weighted by atomic mass is 9.79. The Morgan fingerprint density at radius 2 is 2.26 bits per heavy atom. The number of rotatable bonds is 4. The van der Waals surface area contributed by atoms with Crippen molar-refractivity contribution in [2.24, 2.45) is 11.8 Å². The van der Waals surface area contributed by atoms with Crippen molar-refractivity contribution in [2.75, 3.05) is 11.9 Å². The van der Waals surface area contributed by atoms with E-state index in [1.807, 2.05) is 6.07 Å². The van der Waals surface area contributed by atoms with Crippen molar-refractivity contribution < 1.29 is 9.90 Å².